The molecule has 2 rings (SSSR count). The zero-order valence-corrected chi connectivity index (χ0v) is 12.4. The lowest BCUT2D eigenvalue weighted by Gasteiger charge is -2.19. The van der Waals surface area contributed by atoms with Crippen molar-refractivity contribution in [2.45, 2.75) is 20.4 Å². The number of carboxylic acid groups (broad SMARTS) is 1. The maximum Gasteiger partial charge on any atom is 0.310 e. The number of carboxylic acids is 1. The lowest BCUT2D eigenvalue weighted by Crippen LogP contribution is -2.30. The standard InChI is InChI=1S/C12H12BrFN4O2/c1-12(2,11(19)20)6-18-10(15-16-17-18)7-4-3-5-8(14)9(7)13/h3-5H,6H2,1-2H3,(H,19,20). The summed E-state index contributed by atoms with van der Waals surface area (Å²) < 4.78 is 15.1. The van der Waals surface area contributed by atoms with Crippen LogP contribution in [-0.2, 0) is 11.3 Å². The van der Waals surface area contributed by atoms with Crippen LogP contribution in [0, 0.1) is 11.2 Å². The summed E-state index contributed by atoms with van der Waals surface area (Å²) in [4.78, 5) is 11.2. The molecule has 0 spiro atoms. The average Bonchev–Trinajstić information content (AvgIpc) is 2.80. The van der Waals surface area contributed by atoms with Crippen molar-refractivity contribution >= 4 is 21.9 Å². The van der Waals surface area contributed by atoms with Gasteiger partial charge in [0.15, 0.2) is 5.82 Å². The van der Waals surface area contributed by atoms with Crippen LogP contribution in [0.3, 0.4) is 0 Å². The highest BCUT2D eigenvalue weighted by Crippen LogP contribution is 2.29. The number of benzene rings is 1. The molecule has 0 amide bonds. The van der Waals surface area contributed by atoms with Crippen molar-refractivity contribution in [1.82, 2.24) is 20.2 Å². The van der Waals surface area contributed by atoms with E-state index in [1.54, 1.807) is 19.9 Å². The molecule has 0 unspecified atom stereocenters. The van der Waals surface area contributed by atoms with Gasteiger partial charge in [-0.1, -0.05) is 6.07 Å². The van der Waals surface area contributed by atoms with Crippen LogP contribution in [0.2, 0.25) is 0 Å². The predicted octanol–water partition coefficient (Wildman–Crippen LogP) is 2.35. The van der Waals surface area contributed by atoms with E-state index in [1.165, 1.54) is 16.8 Å². The summed E-state index contributed by atoms with van der Waals surface area (Å²) in [6, 6.07) is 4.50. The maximum absolute atomic E-state index is 13.6. The monoisotopic (exact) mass is 342 g/mol. The number of hydrogen-bond acceptors (Lipinski definition) is 4. The van der Waals surface area contributed by atoms with Crippen molar-refractivity contribution in [2.24, 2.45) is 5.41 Å². The first kappa shape index (κ1) is 14.6. The molecule has 0 radical (unpaired) electrons. The van der Waals surface area contributed by atoms with Crippen LogP contribution in [0.1, 0.15) is 13.8 Å². The summed E-state index contributed by atoms with van der Waals surface area (Å²) in [5, 5.41) is 20.3. The zero-order valence-electron chi connectivity index (χ0n) is 10.8. The second kappa shape index (κ2) is 5.28. The molecule has 0 aliphatic rings. The van der Waals surface area contributed by atoms with Crippen molar-refractivity contribution in [2.75, 3.05) is 0 Å². The van der Waals surface area contributed by atoms with Gasteiger partial charge in [0, 0.05) is 5.56 Å². The van der Waals surface area contributed by atoms with E-state index in [1.807, 2.05) is 0 Å². The SMILES string of the molecule is CC(C)(Cn1nnnc1-c1cccc(F)c1Br)C(=O)O. The molecule has 0 aliphatic carbocycles. The number of tetrazole rings is 1. The highest BCUT2D eigenvalue weighted by molar-refractivity contribution is 9.10. The molecule has 1 N–H and O–H groups in total. The van der Waals surface area contributed by atoms with Gasteiger partial charge in [0.25, 0.3) is 0 Å². The zero-order chi connectivity index (χ0) is 14.9. The topological polar surface area (TPSA) is 80.9 Å². The number of aromatic nitrogens is 4. The predicted molar refractivity (Wildman–Crippen MR) is 72.3 cm³/mol. The van der Waals surface area contributed by atoms with Crippen LogP contribution in [0.5, 0.6) is 0 Å². The third-order valence-corrected chi connectivity index (χ3v) is 3.65. The molecule has 20 heavy (non-hydrogen) atoms. The molecule has 0 atom stereocenters. The van der Waals surface area contributed by atoms with E-state index in [9.17, 15) is 9.18 Å². The molecule has 8 heteroatoms. The Hall–Kier alpha value is -1.83. The maximum atomic E-state index is 13.6. The smallest absolute Gasteiger partial charge is 0.310 e. The van der Waals surface area contributed by atoms with Gasteiger partial charge in [-0.15, -0.1) is 5.10 Å². The fraction of sp³-hybridized carbons (Fsp3) is 0.333. The minimum atomic E-state index is -1.04. The van der Waals surface area contributed by atoms with E-state index < -0.39 is 17.2 Å². The molecule has 106 valence electrons. The van der Waals surface area contributed by atoms with E-state index in [0.29, 0.717) is 11.4 Å². The summed E-state index contributed by atoms with van der Waals surface area (Å²) in [7, 11) is 0. The van der Waals surface area contributed by atoms with Gasteiger partial charge in [-0.3, -0.25) is 4.79 Å². The lowest BCUT2D eigenvalue weighted by atomic mass is 9.94. The molecule has 0 saturated carbocycles. The largest absolute Gasteiger partial charge is 0.481 e. The fourth-order valence-corrected chi connectivity index (χ4v) is 2.06. The van der Waals surface area contributed by atoms with Gasteiger partial charge in [-0.25, -0.2) is 9.07 Å². The number of aliphatic carboxylic acids is 1. The first-order chi connectivity index (χ1) is 9.33. The molecule has 0 fully saturated rings. The highest BCUT2D eigenvalue weighted by atomic mass is 79.9. The Kier molecular flexibility index (Phi) is 3.85. The van der Waals surface area contributed by atoms with E-state index in [-0.39, 0.29) is 11.0 Å². The van der Waals surface area contributed by atoms with Gasteiger partial charge < -0.3 is 5.11 Å². The van der Waals surface area contributed by atoms with Crippen LogP contribution in [0.25, 0.3) is 11.4 Å². The quantitative estimate of drug-likeness (QED) is 0.922. The first-order valence-electron chi connectivity index (χ1n) is 5.77. The molecule has 2 aromatic rings. The second-order valence-electron chi connectivity index (χ2n) is 4.95. The lowest BCUT2D eigenvalue weighted by molar-refractivity contribution is -0.147. The van der Waals surface area contributed by atoms with Crippen molar-refractivity contribution in [3.05, 3.63) is 28.5 Å². The highest BCUT2D eigenvalue weighted by Gasteiger charge is 2.30. The van der Waals surface area contributed by atoms with Crippen molar-refractivity contribution in [1.29, 1.82) is 0 Å². The Morgan fingerprint density at radius 1 is 1.50 bits per heavy atom. The van der Waals surface area contributed by atoms with Crippen LogP contribution in [-0.4, -0.2) is 31.3 Å². The van der Waals surface area contributed by atoms with Gasteiger partial charge in [-0.2, -0.15) is 0 Å². The summed E-state index contributed by atoms with van der Waals surface area (Å²) in [6.45, 7) is 3.22. The summed E-state index contributed by atoms with van der Waals surface area (Å²) >= 11 is 3.14. The van der Waals surface area contributed by atoms with Crippen molar-refractivity contribution < 1.29 is 14.3 Å². The Bertz CT molecular complexity index is 657. The van der Waals surface area contributed by atoms with Gasteiger partial charge in [0.2, 0.25) is 0 Å². The van der Waals surface area contributed by atoms with Gasteiger partial charge in [0.05, 0.1) is 16.4 Å². The number of rotatable bonds is 4. The van der Waals surface area contributed by atoms with Crippen LogP contribution < -0.4 is 0 Å². The van der Waals surface area contributed by atoms with E-state index >= 15 is 0 Å². The summed E-state index contributed by atoms with van der Waals surface area (Å²) in [5.74, 6) is -1.09. The van der Waals surface area contributed by atoms with E-state index in [2.05, 4.69) is 31.5 Å². The molecule has 0 bridgehead atoms. The summed E-state index contributed by atoms with van der Waals surface area (Å²) in [6.07, 6.45) is 0. The first-order valence-corrected chi connectivity index (χ1v) is 6.56. The minimum absolute atomic E-state index is 0.0770. The van der Waals surface area contributed by atoms with E-state index in [0.717, 1.165) is 0 Å². The Morgan fingerprint density at radius 2 is 2.20 bits per heavy atom. The molecular weight excluding hydrogens is 331 g/mol. The van der Waals surface area contributed by atoms with Crippen molar-refractivity contribution in [3.8, 4) is 11.4 Å². The Labute approximate surface area is 122 Å². The van der Waals surface area contributed by atoms with Gasteiger partial charge >= 0.3 is 5.97 Å². The van der Waals surface area contributed by atoms with Crippen LogP contribution >= 0.6 is 15.9 Å². The van der Waals surface area contributed by atoms with Crippen LogP contribution in [0.4, 0.5) is 4.39 Å². The van der Waals surface area contributed by atoms with Gasteiger partial charge in [0.1, 0.15) is 5.82 Å². The molecule has 1 aromatic heterocycles. The van der Waals surface area contributed by atoms with Gasteiger partial charge in [-0.05, 0) is 52.3 Å². The minimum Gasteiger partial charge on any atom is -0.481 e. The number of carbonyl (C=O) groups is 1. The Balaban J connectivity index is 2.44. The van der Waals surface area contributed by atoms with Crippen molar-refractivity contribution in [3.63, 3.8) is 0 Å². The summed E-state index contributed by atoms with van der Waals surface area (Å²) in [5.41, 5.74) is -0.569. The number of nitrogens with zero attached hydrogens (tertiary/aromatic N) is 4. The third kappa shape index (κ3) is 2.69. The fourth-order valence-electron chi connectivity index (χ4n) is 1.62. The molecule has 1 heterocycles. The molecule has 0 saturated heterocycles. The van der Waals surface area contributed by atoms with Crippen LogP contribution in [0.15, 0.2) is 22.7 Å². The normalized spacial score (nSPS) is 11.6. The molecule has 1 aromatic carbocycles. The third-order valence-electron chi connectivity index (χ3n) is 2.85. The molecule has 0 aliphatic heterocycles. The molecule has 6 nitrogen and oxygen atoms in total. The Morgan fingerprint density at radius 3 is 2.85 bits per heavy atom. The van der Waals surface area contributed by atoms with E-state index in [4.69, 9.17) is 5.11 Å². The number of halogens is 2. The number of hydrogen-bond donors (Lipinski definition) is 1. The second-order valence-corrected chi connectivity index (χ2v) is 5.74. The average molecular weight is 343 g/mol. The molecular formula is C12H12BrFN4O2.